The number of hydrogen-bond donors (Lipinski definition) is 1. The molecule has 7 heteroatoms. The van der Waals surface area contributed by atoms with E-state index in [4.69, 9.17) is 16.0 Å². The molecule has 0 spiro atoms. The summed E-state index contributed by atoms with van der Waals surface area (Å²) < 4.78 is 5.72. The summed E-state index contributed by atoms with van der Waals surface area (Å²) in [5.74, 6) is 1.65. The highest BCUT2D eigenvalue weighted by atomic mass is 35.5. The van der Waals surface area contributed by atoms with Crippen molar-refractivity contribution in [3.8, 4) is 0 Å². The Morgan fingerprint density at radius 1 is 1.25 bits per heavy atom. The Hall–Kier alpha value is -1.89. The van der Waals surface area contributed by atoms with Gasteiger partial charge in [-0.1, -0.05) is 17.7 Å². The molecule has 0 bridgehead atoms. The molecule has 1 aliphatic heterocycles. The fourth-order valence-electron chi connectivity index (χ4n) is 3.47. The lowest BCUT2D eigenvalue weighted by molar-refractivity contribution is -0.120. The SMILES string of the molecule is Cc1ccc(Cl)cc1NC(=O)C(C)N1CCCN(Cc2nc(C)c(C)o2)CC1. The molecule has 1 aliphatic rings. The smallest absolute Gasteiger partial charge is 0.241 e. The Morgan fingerprint density at radius 2 is 2.04 bits per heavy atom. The summed E-state index contributed by atoms with van der Waals surface area (Å²) >= 11 is 6.06. The predicted octanol–water partition coefficient (Wildman–Crippen LogP) is 3.79. The van der Waals surface area contributed by atoms with Crippen LogP contribution in [0, 0.1) is 20.8 Å². The van der Waals surface area contributed by atoms with Crippen molar-refractivity contribution in [2.24, 2.45) is 0 Å². The Kier molecular flexibility index (Phi) is 6.75. The minimum absolute atomic E-state index is 0.00207. The zero-order valence-corrected chi connectivity index (χ0v) is 17.8. The van der Waals surface area contributed by atoms with E-state index in [1.165, 1.54) is 0 Å². The van der Waals surface area contributed by atoms with Crippen molar-refractivity contribution in [3.05, 3.63) is 46.1 Å². The first-order valence-electron chi connectivity index (χ1n) is 9.80. The van der Waals surface area contributed by atoms with Crippen molar-refractivity contribution in [3.63, 3.8) is 0 Å². The highest BCUT2D eigenvalue weighted by Crippen LogP contribution is 2.21. The largest absolute Gasteiger partial charge is 0.444 e. The molecule has 2 aromatic rings. The van der Waals surface area contributed by atoms with Gasteiger partial charge in [-0.15, -0.1) is 0 Å². The summed E-state index contributed by atoms with van der Waals surface area (Å²) in [5.41, 5.74) is 2.73. The number of halogens is 1. The Labute approximate surface area is 171 Å². The second-order valence-electron chi connectivity index (χ2n) is 7.54. The number of rotatable bonds is 5. The highest BCUT2D eigenvalue weighted by Gasteiger charge is 2.25. The monoisotopic (exact) mass is 404 g/mol. The van der Waals surface area contributed by atoms with Crippen molar-refractivity contribution < 1.29 is 9.21 Å². The summed E-state index contributed by atoms with van der Waals surface area (Å²) in [4.78, 5) is 21.8. The van der Waals surface area contributed by atoms with E-state index in [0.29, 0.717) is 11.6 Å². The van der Waals surface area contributed by atoms with Crippen molar-refractivity contribution in [1.82, 2.24) is 14.8 Å². The lowest BCUT2D eigenvalue weighted by Crippen LogP contribution is -2.44. The number of carbonyl (C=O) groups excluding carboxylic acids is 1. The minimum Gasteiger partial charge on any atom is -0.444 e. The topological polar surface area (TPSA) is 61.6 Å². The molecule has 152 valence electrons. The normalized spacial score (nSPS) is 17.3. The van der Waals surface area contributed by atoms with E-state index in [1.807, 2.05) is 39.8 Å². The number of anilines is 1. The average Bonchev–Trinajstić information content (AvgIpc) is 2.84. The van der Waals surface area contributed by atoms with Gasteiger partial charge in [-0.25, -0.2) is 4.98 Å². The first kappa shape index (κ1) is 20.8. The van der Waals surface area contributed by atoms with E-state index in [0.717, 1.165) is 61.2 Å². The highest BCUT2D eigenvalue weighted by molar-refractivity contribution is 6.31. The molecule has 1 fully saturated rings. The van der Waals surface area contributed by atoms with Crippen LogP contribution in [0.15, 0.2) is 22.6 Å². The molecule has 3 rings (SSSR count). The van der Waals surface area contributed by atoms with Gasteiger partial charge in [0, 0.05) is 30.3 Å². The minimum atomic E-state index is -0.204. The molecule has 1 aromatic carbocycles. The van der Waals surface area contributed by atoms with E-state index >= 15 is 0 Å². The molecule has 1 unspecified atom stereocenters. The van der Waals surface area contributed by atoms with Crippen molar-refractivity contribution in [2.75, 3.05) is 31.5 Å². The van der Waals surface area contributed by atoms with Gasteiger partial charge in [0.1, 0.15) is 5.76 Å². The molecule has 28 heavy (non-hydrogen) atoms. The van der Waals surface area contributed by atoms with Gasteiger partial charge in [0.15, 0.2) is 0 Å². The molecule has 1 amide bonds. The lowest BCUT2D eigenvalue weighted by atomic mass is 10.2. The molecule has 2 heterocycles. The zero-order valence-electron chi connectivity index (χ0n) is 17.1. The van der Waals surface area contributed by atoms with Gasteiger partial charge in [0.05, 0.1) is 18.3 Å². The number of amides is 1. The number of oxazole rings is 1. The average molecular weight is 405 g/mol. The summed E-state index contributed by atoms with van der Waals surface area (Å²) in [6.45, 7) is 12.1. The number of benzene rings is 1. The first-order valence-corrected chi connectivity index (χ1v) is 10.2. The quantitative estimate of drug-likeness (QED) is 0.821. The summed E-state index contributed by atoms with van der Waals surface area (Å²) in [6, 6.07) is 5.34. The third kappa shape index (κ3) is 5.13. The van der Waals surface area contributed by atoms with Crippen LogP contribution >= 0.6 is 11.6 Å². The van der Waals surface area contributed by atoms with Crippen molar-refractivity contribution in [2.45, 2.75) is 46.7 Å². The second kappa shape index (κ2) is 9.07. The van der Waals surface area contributed by atoms with Gasteiger partial charge in [0.25, 0.3) is 0 Å². The van der Waals surface area contributed by atoms with Gasteiger partial charge < -0.3 is 9.73 Å². The third-order valence-electron chi connectivity index (χ3n) is 5.44. The van der Waals surface area contributed by atoms with Crippen molar-refractivity contribution in [1.29, 1.82) is 0 Å². The number of carbonyl (C=O) groups is 1. The lowest BCUT2D eigenvalue weighted by Gasteiger charge is -2.27. The number of nitrogens with one attached hydrogen (secondary N) is 1. The van der Waals surface area contributed by atoms with Crippen LogP contribution in [0.5, 0.6) is 0 Å². The van der Waals surface area contributed by atoms with Crippen LogP contribution < -0.4 is 5.32 Å². The molecule has 1 saturated heterocycles. The van der Waals surface area contributed by atoms with Gasteiger partial charge >= 0.3 is 0 Å². The summed E-state index contributed by atoms with van der Waals surface area (Å²) in [6.07, 6.45) is 1.01. The van der Waals surface area contributed by atoms with Gasteiger partial charge in [-0.05, 0) is 58.4 Å². The van der Waals surface area contributed by atoms with Crippen LogP contribution in [0.2, 0.25) is 5.02 Å². The molecule has 1 N–H and O–H groups in total. The molecule has 0 radical (unpaired) electrons. The van der Waals surface area contributed by atoms with Crippen LogP contribution in [0.4, 0.5) is 5.69 Å². The number of hydrogen-bond acceptors (Lipinski definition) is 5. The fourth-order valence-corrected chi connectivity index (χ4v) is 3.64. The molecule has 0 saturated carbocycles. The van der Waals surface area contributed by atoms with Crippen molar-refractivity contribution >= 4 is 23.2 Å². The number of aromatic nitrogens is 1. The molecule has 0 aliphatic carbocycles. The fraction of sp³-hybridized carbons (Fsp3) is 0.524. The summed E-state index contributed by atoms with van der Waals surface area (Å²) in [5, 5.41) is 3.65. The maximum Gasteiger partial charge on any atom is 0.241 e. The van der Waals surface area contributed by atoms with E-state index < -0.39 is 0 Å². The molecule has 6 nitrogen and oxygen atoms in total. The number of nitrogens with zero attached hydrogens (tertiary/aromatic N) is 3. The standard InChI is InChI=1S/C21H29ClN4O2/c1-14-6-7-18(22)12-19(14)24-21(27)16(3)26-9-5-8-25(10-11-26)13-20-23-15(2)17(4)28-20/h6-7,12,16H,5,8-11,13H2,1-4H3,(H,24,27). The van der Waals surface area contributed by atoms with E-state index in [-0.39, 0.29) is 11.9 Å². The summed E-state index contributed by atoms with van der Waals surface area (Å²) in [7, 11) is 0. The van der Waals surface area contributed by atoms with Gasteiger partial charge in [0.2, 0.25) is 11.8 Å². The molecule has 1 aromatic heterocycles. The zero-order chi connectivity index (χ0) is 20.3. The Balaban J connectivity index is 1.56. The van der Waals surface area contributed by atoms with Crippen LogP contribution in [0.25, 0.3) is 0 Å². The molecule has 1 atom stereocenters. The molecular formula is C21H29ClN4O2. The van der Waals surface area contributed by atoms with Crippen LogP contribution in [0.3, 0.4) is 0 Å². The Morgan fingerprint density at radius 3 is 2.75 bits per heavy atom. The van der Waals surface area contributed by atoms with Gasteiger partial charge in [-0.3, -0.25) is 14.6 Å². The number of aryl methyl sites for hydroxylation is 3. The maximum absolute atomic E-state index is 12.8. The van der Waals surface area contributed by atoms with E-state index in [1.54, 1.807) is 6.07 Å². The first-order chi connectivity index (χ1) is 13.3. The van der Waals surface area contributed by atoms with E-state index in [9.17, 15) is 4.79 Å². The molecular weight excluding hydrogens is 376 g/mol. The van der Waals surface area contributed by atoms with E-state index in [2.05, 4.69) is 20.1 Å². The third-order valence-corrected chi connectivity index (χ3v) is 5.67. The predicted molar refractivity (Wildman–Crippen MR) is 112 cm³/mol. The Bertz CT molecular complexity index is 816. The maximum atomic E-state index is 12.8. The second-order valence-corrected chi connectivity index (χ2v) is 7.98. The van der Waals surface area contributed by atoms with Crippen LogP contribution in [-0.2, 0) is 11.3 Å². The van der Waals surface area contributed by atoms with Gasteiger partial charge in [-0.2, -0.15) is 0 Å². The van der Waals surface area contributed by atoms with Crippen LogP contribution in [0.1, 0.15) is 36.3 Å². The van der Waals surface area contributed by atoms with Crippen LogP contribution in [-0.4, -0.2) is 52.9 Å².